The number of nitrogens with zero attached hydrogens (tertiary/aromatic N) is 4. The highest BCUT2D eigenvalue weighted by atomic mass is 32.1. The summed E-state index contributed by atoms with van der Waals surface area (Å²) in [5.74, 6) is 1.98. The van der Waals surface area contributed by atoms with Crippen molar-refractivity contribution in [1.82, 2.24) is 19.5 Å². The summed E-state index contributed by atoms with van der Waals surface area (Å²) in [6, 6.07) is 68.7. The van der Waals surface area contributed by atoms with Crippen LogP contribution in [0.1, 0.15) is 0 Å². The van der Waals surface area contributed by atoms with Gasteiger partial charge in [-0.1, -0.05) is 158 Å². The molecule has 11 rings (SSSR count). The van der Waals surface area contributed by atoms with Gasteiger partial charge in [0, 0.05) is 53.3 Å². The quantitative estimate of drug-likeness (QED) is 0.171. The van der Waals surface area contributed by atoms with Gasteiger partial charge in [-0.05, 0) is 58.7 Å². The van der Waals surface area contributed by atoms with Crippen LogP contribution in [0.4, 0.5) is 0 Å². The van der Waals surface area contributed by atoms with Crippen molar-refractivity contribution in [3.63, 3.8) is 0 Å². The van der Waals surface area contributed by atoms with Gasteiger partial charge in [-0.15, -0.1) is 11.3 Å². The topological polar surface area (TPSA) is 43.6 Å². The molecule has 11 aromatic rings. The number of thiophene rings is 1. The average Bonchev–Trinajstić information content (AvgIpc) is 3.83. The van der Waals surface area contributed by atoms with E-state index in [0.717, 1.165) is 22.4 Å². The lowest BCUT2D eigenvalue weighted by Gasteiger charge is -2.14. The van der Waals surface area contributed by atoms with Crippen LogP contribution in [0.2, 0.25) is 0 Å². The van der Waals surface area contributed by atoms with Crippen molar-refractivity contribution in [2.45, 2.75) is 0 Å². The minimum absolute atomic E-state index is 0.658. The molecule has 0 saturated heterocycles. The standard InChI is InChI=1S/C51H32N4S/c1-4-16-33(17-5-1)49-52-50(34-18-6-2-7-19-34)54-51(53-49)35-30-31-42-46(32-35)56-45-29-15-26-40(48(42)45)38-23-11-10-22-37(38)39-25-14-28-44-47(39)41-24-12-13-27-43(41)55(44)36-20-8-3-9-21-36/h1-32H. The average molecular weight is 733 g/mol. The molecule has 0 amide bonds. The summed E-state index contributed by atoms with van der Waals surface area (Å²) in [7, 11) is 0. The molecule has 262 valence electrons. The molecule has 4 nitrogen and oxygen atoms in total. The zero-order valence-electron chi connectivity index (χ0n) is 30.2. The van der Waals surface area contributed by atoms with Crippen molar-refractivity contribution in [2.75, 3.05) is 0 Å². The van der Waals surface area contributed by atoms with E-state index in [-0.39, 0.29) is 0 Å². The van der Waals surface area contributed by atoms with Gasteiger partial charge in [0.2, 0.25) is 0 Å². The summed E-state index contributed by atoms with van der Waals surface area (Å²) in [5.41, 5.74) is 11.3. The molecular formula is C51H32N4S. The molecule has 0 aliphatic carbocycles. The number of fused-ring (bicyclic) bond motifs is 6. The summed E-state index contributed by atoms with van der Waals surface area (Å²) in [4.78, 5) is 14.9. The summed E-state index contributed by atoms with van der Waals surface area (Å²) in [5, 5.41) is 4.98. The Morgan fingerprint density at radius 2 is 0.857 bits per heavy atom. The third-order valence-electron chi connectivity index (χ3n) is 10.7. The molecule has 0 aliphatic rings. The van der Waals surface area contributed by atoms with Gasteiger partial charge in [-0.2, -0.15) is 0 Å². The number of para-hydroxylation sites is 2. The zero-order valence-corrected chi connectivity index (χ0v) is 31.0. The van der Waals surface area contributed by atoms with Crippen LogP contribution in [0.25, 0.3) is 104 Å². The van der Waals surface area contributed by atoms with Crippen LogP contribution in [-0.2, 0) is 0 Å². The van der Waals surface area contributed by atoms with E-state index in [4.69, 9.17) is 15.0 Å². The minimum Gasteiger partial charge on any atom is -0.309 e. The molecule has 0 aliphatic heterocycles. The maximum atomic E-state index is 5.02. The van der Waals surface area contributed by atoms with Crippen LogP contribution in [0.15, 0.2) is 194 Å². The highest BCUT2D eigenvalue weighted by Crippen LogP contribution is 2.46. The zero-order chi connectivity index (χ0) is 37.0. The predicted molar refractivity (Wildman–Crippen MR) is 234 cm³/mol. The van der Waals surface area contributed by atoms with Crippen LogP contribution in [0.5, 0.6) is 0 Å². The molecule has 3 aromatic heterocycles. The molecule has 0 fully saturated rings. The van der Waals surface area contributed by atoms with E-state index < -0.39 is 0 Å². The Bertz CT molecular complexity index is 3180. The lowest BCUT2D eigenvalue weighted by molar-refractivity contribution is 1.07. The third-order valence-corrected chi connectivity index (χ3v) is 11.8. The summed E-state index contributed by atoms with van der Waals surface area (Å²) in [6.45, 7) is 0. The van der Waals surface area contributed by atoms with E-state index in [1.54, 1.807) is 0 Å². The van der Waals surface area contributed by atoms with Crippen molar-refractivity contribution in [2.24, 2.45) is 0 Å². The monoisotopic (exact) mass is 732 g/mol. The molecule has 5 heteroatoms. The fourth-order valence-electron chi connectivity index (χ4n) is 8.18. The largest absolute Gasteiger partial charge is 0.309 e. The molecule has 3 heterocycles. The van der Waals surface area contributed by atoms with Gasteiger partial charge in [0.05, 0.1) is 11.0 Å². The first kappa shape index (κ1) is 32.2. The van der Waals surface area contributed by atoms with Gasteiger partial charge in [0.25, 0.3) is 0 Å². The summed E-state index contributed by atoms with van der Waals surface area (Å²) in [6.07, 6.45) is 0. The summed E-state index contributed by atoms with van der Waals surface area (Å²) >= 11 is 1.81. The number of aromatic nitrogens is 4. The Hall–Kier alpha value is -7.21. The molecule has 0 unspecified atom stereocenters. The number of benzene rings is 8. The second-order valence-electron chi connectivity index (χ2n) is 14.0. The number of hydrogen-bond acceptors (Lipinski definition) is 4. The lowest BCUT2D eigenvalue weighted by atomic mass is 9.90. The smallest absolute Gasteiger partial charge is 0.164 e. The molecule has 56 heavy (non-hydrogen) atoms. The molecule has 0 spiro atoms. The maximum Gasteiger partial charge on any atom is 0.164 e. The van der Waals surface area contributed by atoms with E-state index >= 15 is 0 Å². The second-order valence-corrected chi connectivity index (χ2v) is 15.0. The first-order valence-corrected chi connectivity index (χ1v) is 19.6. The van der Waals surface area contributed by atoms with E-state index in [2.05, 4.69) is 138 Å². The van der Waals surface area contributed by atoms with Crippen molar-refractivity contribution >= 4 is 53.3 Å². The molecule has 8 aromatic carbocycles. The van der Waals surface area contributed by atoms with Crippen LogP contribution < -0.4 is 0 Å². The predicted octanol–water partition coefficient (Wildman–Crippen LogP) is 13.7. The van der Waals surface area contributed by atoms with Crippen molar-refractivity contribution < 1.29 is 0 Å². The Kier molecular flexibility index (Phi) is 7.64. The Morgan fingerprint density at radius 3 is 1.54 bits per heavy atom. The number of hydrogen-bond donors (Lipinski definition) is 0. The Balaban J connectivity index is 1.08. The van der Waals surface area contributed by atoms with E-state index in [9.17, 15) is 0 Å². The van der Waals surface area contributed by atoms with E-state index in [1.807, 2.05) is 72.0 Å². The molecule has 0 N–H and O–H groups in total. The Labute approximate surface area is 327 Å². The van der Waals surface area contributed by atoms with Crippen molar-refractivity contribution in [1.29, 1.82) is 0 Å². The molecule has 0 atom stereocenters. The van der Waals surface area contributed by atoms with Gasteiger partial charge in [-0.25, -0.2) is 15.0 Å². The molecule has 0 bridgehead atoms. The first-order chi connectivity index (χ1) is 27.8. The molecule has 0 radical (unpaired) electrons. The SMILES string of the molecule is c1ccc(-c2nc(-c3ccccc3)nc(-c3ccc4c(c3)sc3cccc(-c5ccccc5-c5cccc6c5c5ccccc5n6-c5ccccc5)c34)n2)cc1. The van der Waals surface area contributed by atoms with Crippen LogP contribution >= 0.6 is 11.3 Å². The maximum absolute atomic E-state index is 5.02. The van der Waals surface area contributed by atoms with Crippen LogP contribution in [0, 0.1) is 0 Å². The van der Waals surface area contributed by atoms with E-state index in [1.165, 1.54) is 64.2 Å². The second kappa shape index (κ2) is 13.3. The van der Waals surface area contributed by atoms with Gasteiger partial charge >= 0.3 is 0 Å². The third kappa shape index (κ3) is 5.32. The highest BCUT2D eigenvalue weighted by molar-refractivity contribution is 7.26. The normalized spacial score (nSPS) is 11.6. The van der Waals surface area contributed by atoms with Crippen molar-refractivity contribution in [3.05, 3.63) is 194 Å². The van der Waals surface area contributed by atoms with Gasteiger partial charge in [0.1, 0.15) is 0 Å². The first-order valence-electron chi connectivity index (χ1n) is 18.8. The Morgan fingerprint density at radius 1 is 0.339 bits per heavy atom. The van der Waals surface area contributed by atoms with Crippen LogP contribution in [0.3, 0.4) is 0 Å². The highest BCUT2D eigenvalue weighted by Gasteiger charge is 2.20. The minimum atomic E-state index is 0.658. The fourth-order valence-corrected chi connectivity index (χ4v) is 9.35. The fraction of sp³-hybridized carbons (Fsp3) is 0. The van der Waals surface area contributed by atoms with Crippen LogP contribution in [-0.4, -0.2) is 19.5 Å². The van der Waals surface area contributed by atoms with E-state index in [0.29, 0.717) is 17.5 Å². The number of rotatable bonds is 6. The molecule has 0 saturated carbocycles. The van der Waals surface area contributed by atoms with Gasteiger partial charge in [0.15, 0.2) is 17.5 Å². The van der Waals surface area contributed by atoms with Gasteiger partial charge < -0.3 is 4.57 Å². The van der Waals surface area contributed by atoms with Crippen molar-refractivity contribution in [3.8, 4) is 62.1 Å². The molecular weight excluding hydrogens is 701 g/mol. The van der Waals surface area contributed by atoms with Gasteiger partial charge in [-0.3, -0.25) is 0 Å². The summed E-state index contributed by atoms with van der Waals surface area (Å²) < 4.78 is 4.83. The lowest BCUT2D eigenvalue weighted by Crippen LogP contribution is -1.99.